The van der Waals surface area contributed by atoms with Crippen LogP contribution in [0.15, 0.2) is 77.4 Å². The average Bonchev–Trinajstić information content (AvgIpc) is 3.41. The largest absolute Gasteiger partial charge is 0.464 e. The first kappa shape index (κ1) is 17.8. The molecular weight excluding hydrogens is 374 g/mol. The molecule has 0 bridgehead atoms. The lowest BCUT2D eigenvalue weighted by Crippen LogP contribution is -2.11. The third kappa shape index (κ3) is 2.83. The van der Waals surface area contributed by atoms with E-state index in [1.165, 1.54) is 0 Å². The second kappa shape index (κ2) is 6.94. The zero-order valence-electron chi connectivity index (χ0n) is 15.9. The zero-order chi connectivity index (χ0) is 20.7. The van der Waals surface area contributed by atoms with Gasteiger partial charge in [0.25, 0.3) is 0 Å². The summed E-state index contributed by atoms with van der Waals surface area (Å²) in [5, 5.41) is 10.9. The first-order chi connectivity index (χ1) is 14.7. The second-order valence-electron chi connectivity index (χ2n) is 7.09. The molecule has 2 aromatic heterocycles. The SMILES string of the molecule is N#Cc1cccc(Cn2c3cc(-c4ccco4)c[c]c3c3c(C(N)=O)cccc32)c1. The fraction of sp³-hybridized carbons (Fsp3) is 0.0400. The highest BCUT2D eigenvalue weighted by Gasteiger charge is 2.18. The Hall–Kier alpha value is -4.30. The number of aromatic nitrogens is 1. The molecule has 2 N–H and O–H groups in total. The third-order valence-electron chi connectivity index (χ3n) is 5.26. The zero-order valence-corrected chi connectivity index (χ0v) is 15.9. The van der Waals surface area contributed by atoms with Gasteiger partial charge >= 0.3 is 0 Å². The number of furan rings is 1. The van der Waals surface area contributed by atoms with Gasteiger partial charge in [0.2, 0.25) is 5.91 Å². The Morgan fingerprint density at radius 2 is 1.97 bits per heavy atom. The van der Waals surface area contributed by atoms with E-state index in [0.717, 1.165) is 38.7 Å². The summed E-state index contributed by atoms with van der Waals surface area (Å²) in [6.45, 7) is 0.535. The van der Waals surface area contributed by atoms with E-state index in [4.69, 9.17) is 10.2 Å². The quantitative estimate of drug-likeness (QED) is 0.475. The van der Waals surface area contributed by atoms with Crippen LogP contribution in [-0.2, 0) is 6.54 Å². The summed E-state index contributed by atoms with van der Waals surface area (Å²) in [5.74, 6) is 0.265. The molecule has 0 saturated heterocycles. The number of carbonyl (C=O) groups is 1. The minimum Gasteiger partial charge on any atom is -0.464 e. The Morgan fingerprint density at radius 1 is 1.10 bits per heavy atom. The van der Waals surface area contributed by atoms with Crippen LogP contribution in [0.4, 0.5) is 0 Å². The topological polar surface area (TPSA) is 84.9 Å². The lowest BCUT2D eigenvalue weighted by Gasteiger charge is -2.09. The Morgan fingerprint density at radius 3 is 2.73 bits per heavy atom. The number of primary amides is 1. The maximum absolute atomic E-state index is 12.1. The van der Waals surface area contributed by atoms with E-state index in [1.807, 2.05) is 54.6 Å². The first-order valence-electron chi connectivity index (χ1n) is 9.45. The van der Waals surface area contributed by atoms with Crippen molar-refractivity contribution in [1.82, 2.24) is 4.57 Å². The summed E-state index contributed by atoms with van der Waals surface area (Å²) in [6.07, 6.45) is 1.63. The number of nitrogens with zero attached hydrogens (tertiary/aromatic N) is 2. The summed E-state index contributed by atoms with van der Waals surface area (Å²) < 4.78 is 7.68. The molecule has 5 rings (SSSR count). The van der Waals surface area contributed by atoms with Crippen molar-refractivity contribution in [3.05, 3.63) is 95.7 Å². The molecule has 1 radical (unpaired) electrons. The van der Waals surface area contributed by atoms with Crippen molar-refractivity contribution in [2.75, 3.05) is 0 Å². The lowest BCUT2D eigenvalue weighted by atomic mass is 10.0. The van der Waals surface area contributed by atoms with Gasteiger partial charge in [-0.2, -0.15) is 5.26 Å². The highest BCUT2D eigenvalue weighted by atomic mass is 16.3. The molecule has 0 aliphatic heterocycles. The Bertz CT molecular complexity index is 1450. The maximum Gasteiger partial charge on any atom is 0.249 e. The molecule has 5 heteroatoms. The van der Waals surface area contributed by atoms with Gasteiger partial charge in [0, 0.05) is 28.4 Å². The molecule has 30 heavy (non-hydrogen) atoms. The highest BCUT2D eigenvalue weighted by molar-refractivity contribution is 6.18. The molecule has 0 aliphatic rings. The molecule has 3 aromatic carbocycles. The molecule has 143 valence electrons. The number of hydrogen-bond donors (Lipinski definition) is 1. The van der Waals surface area contributed by atoms with E-state index in [9.17, 15) is 10.1 Å². The van der Waals surface area contributed by atoms with Crippen LogP contribution in [0.3, 0.4) is 0 Å². The summed E-state index contributed by atoms with van der Waals surface area (Å²) in [4.78, 5) is 12.1. The predicted molar refractivity (Wildman–Crippen MR) is 115 cm³/mol. The molecule has 0 spiro atoms. The van der Waals surface area contributed by atoms with Crippen LogP contribution in [0.5, 0.6) is 0 Å². The average molecular weight is 390 g/mol. The van der Waals surface area contributed by atoms with Crippen molar-refractivity contribution < 1.29 is 9.21 Å². The Balaban J connectivity index is 1.81. The van der Waals surface area contributed by atoms with Crippen molar-refractivity contribution in [2.45, 2.75) is 6.54 Å². The van der Waals surface area contributed by atoms with Gasteiger partial charge in [0.1, 0.15) is 5.76 Å². The minimum absolute atomic E-state index is 0.462. The number of nitrogens with two attached hydrogens (primary N) is 1. The summed E-state index contributed by atoms with van der Waals surface area (Å²) in [5.41, 5.74) is 10.4. The number of carbonyl (C=O) groups excluding carboxylic acids is 1. The van der Waals surface area contributed by atoms with Crippen molar-refractivity contribution in [1.29, 1.82) is 5.26 Å². The van der Waals surface area contributed by atoms with Gasteiger partial charge in [-0.3, -0.25) is 4.79 Å². The van der Waals surface area contributed by atoms with E-state index < -0.39 is 5.91 Å². The fourth-order valence-corrected chi connectivity index (χ4v) is 3.94. The third-order valence-corrected chi connectivity index (χ3v) is 5.26. The van der Waals surface area contributed by atoms with E-state index in [-0.39, 0.29) is 0 Å². The van der Waals surface area contributed by atoms with Crippen LogP contribution in [0.1, 0.15) is 21.5 Å². The molecule has 0 fully saturated rings. The van der Waals surface area contributed by atoms with E-state index >= 15 is 0 Å². The van der Waals surface area contributed by atoms with Crippen LogP contribution in [-0.4, -0.2) is 10.5 Å². The lowest BCUT2D eigenvalue weighted by molar-refractivity contribution is 0.100. The number of hydrogen-bond acceptors (Lipinski definition) is 3. The number of benzene rings is 3. The molecule has 5 nitrogen and oxygen atoms in total. The molecule has 2 heterocycles. The van der Waals surface area contributed by atoms with E-state index in [1.54, 1.807) is 18.4 Å². The molecule has 0 atom stereocenters. The summed E-state index contributed by atoms with van der Waals surface area (Å²) in [7, 11) is 0. The minimum atomic E-state index is -0.477. The van der Waals surface area contributed by atoms with Crippen molar-refractivity contribution in [3.8, 4) is 17.4 Å². The van der Waals surface area contributed by atoms with Crippen molar-refractivity contribution in [3.63, 3.8) is 0 Å². The van der Waals surface area contributed by atoms with Gasteiger partial charge in [0.15, 0.2) is 0 Å². The van der Waals surface area contributed by atoms with Crippen LogP contribution in [0.25, 0.3) is 33.1 Å². The van der Waals surface area contributed by atoms with Gasteiger partial charge in [-0.05, 0) is 60.2 Å². The predicted octanol–water partition coefficient (Wildman–Crippen LogP) is 4.87. The van der Waals surface area contributed by atoms with E-state index in [2.05, 4.69) is 16.7 Å². The summed E-state index contributed by atoms with van der Waals surface area (Å²) in [6, 6.07) is 26.2. The molecule has 5 aromatic rings. The molecular formula is C25H16N3O2. The number of nitriles is 1. The maximum atomic E-state index is 12.1. The Kier molecular flexibility index (Phi) is 4.11. The fourth-order valence-electron chi connectivity index (χ4n) is 3.94. The van der Waals surface area contributed by atoms with Crippen LogP contribution < -0.4 is 5.73 Å². The standard InChI is InChI=1S/C25H16N3O2/c26-14-16-4-1-5-17(12-16)15-28-21-7-2-6-20(25(27)29)24(21)19-10-9-18(13-22(19)28)23-8-3-11-30-23/h1-9,11-13H,15H2,(H2,27,29). The van der Waals surface area contributed by atoms with Crippen molar-refractivity contribution in [2.24, 2.45) is 5.73 Å². The second-order valence-corrected chi connectivity index (χ2v) is 7.09. The van der Waals surface area contributed by atoms with Gasteiger partial charge < -0.3 is 14.7 Å². The first-order valence-corrected chi connectivity index (χ1v) is 9.45. The van der Waals surface area contributed by atoms with Crippen LogP contribution in [0, 0.1) is 17.4 Å². The van der Waals surface area contributed by atoms with Crippen molar-refractivity contribution >= 4 is 27.7 Å². The smallest absolute Gasteiger partial charge is 0.249 e. The molecule has 1 amide bonds. The number of amides is 1. The normalized spacial score (nSPS) is 11.0. The Labute approximate surface area is 172 Å². The van der Waals surface area contributed by atoms with Gasteiger partial charge in [-0.1, -0.05) is 18.2 Å². The van der Waals surface area contributed by atoms with Crippen LogP contribution >= 0.6 is 0 Å². The van der Waals surface area contributed by atoms with Gasteiger partial charge in [-0.25, -0.2) is 0 Å². The molecule has 0 aliphatic carbocycles. The molecule has 0 unspecified atom stereocenters. The van der Waals surface area contributed by atoms with Gasteiger partial charge in [0.05, 0.1) is 28.9 Å². The molecule has 0 saturated carbocycles. The monoisotopic (exact) mass is 390 g/mol. The summed E-state index contributed by atoms with van der Waals surface area (Å²) >= 11 is 0. The van der Waals surface area contributed by atoms with E-state index in [0.29, 0.717) is 17.7 Å². The number of rotatable bonds is 4. The number of fused-ring (bicyclic) bond motifs is 3. The van der Waals surface area contributed by atoms with Crippen LogP contribution in [0.2, 0.25) is 0 Å². The highest BCUT2D eigenvalue weighted by Crippen LogP contribution is 2.34. The van der Waals surface area contributed by atoms with Gasteiger partial charge in [-0.15, -0.1) is 0 Å².